The number of hydrogen-bond donors (Lipinski definition) is 1. The van der Waals surface area contributed by atoms with Crippen molar-refractivity contribution in [1.29, 1.82) is 0 Å². The van der Waals surface area contributed by atoms with Crippen LogP contribution in [0.1, 0.15) is 38.2 Å². The molecular formula is C17H24ClNO2. The summed E-state index contributed by atoms with van der Waals surface area (Å²) in [5, 5.41) is 9.73. The molecule has 116 valence electrons. The topological polar surface area (TPSA) is 40.5 Å². The van der Waals surface area contributed by atoms with Crippen molar-refractivity contribution in [3.05, 3.63) is 34.9 Å². The van der Waals surface area contributed by atoms with Gasteiger partial charge in [-0.15, -0.1) is 0 Å². The van der Waals surface area contributed by atoms with Crippen LogP contribution < -0.4 is 0 Å². The summed E-state index contributed by atoms with van der Waals surface area (Å²) in [6.45, 7) is 5.95. The Morgan fingerprint density at radius 3 is 2.62 bits per heavy atom. The van der Waals surface area contributed by atoms with E-state index >= 15 is 0 Å². The lowest BCUT2D eigenvalue weighted by Gasteiger charge is -2.26. The number of carbonyl (C=O) groups is 1. The molecule has 1 amide bonds. The fourth-order valence-electron chi connectivity index (χ4n) is 3.13. The second-order valence-electron chi connectivity index (χ2n) is 6.22. The van der Waals surface area contributed by atoms with E-state index in [0.29, 0.717) is 10.9 Å². The van der Waals surface area contributed by atoms with Gasteiger partial charge >= 0.3 is 0 Å². The summed E-state index contributed by atoms with van der Waals surface area (Å²) >= 11 is 5.94. The van der Waals surface area contributed by atoms with Crippen molar-refractivity contribution in [2.75, 3.05) is 19.7 Å². The molecule has 1 aliphatic rings. The number of hydrogen-bond acceptors (Lipinski definition) is 2. The molecule has 21 heavy (non-hydrogen) atoms. The Morgan fingerprint density at radius 1 is 1.38 bits per heavy atom. The molecule has 1 saturated heterocycles. The number of aliphatic hydroxyl groups excluding tert-OH is 1. The maximum atomic E-state index is 12.9. The predicted octanol–water partition coefficient (Wildman–Crippen LogP) is 3.31. The minimum Gasteiger partial charge on any atom is -0.396 e. The van der Waals surface area contributed by atoms with Crippen LogP contribution in [-0.2, 0) is 4.79 Å². The maximum Gasteiger partial charge on any atom is 0.230 e. The maximum absolute atomic E-state index is 12.9. The molecule has 0 aromatic heterocycles. The molecule has 4 heteroatoms. The van der Waals surface area contributed by atoms with Crippen LogP contribution in [-0.4, -0.2) is 35.6 Å². The summed E-state index contributed by atoms with van der Waals surface area (Å²) in [4.78, 5) is 14.8. The van der Waals surface area contributed by atoms with Crippen molar-refractivity contribution in [1.82, 2.24) is 4.90 Å². The van der Waals surface area contributed by atoms with Gasteiger partial charge in [0.05, 0.1) is 5.92 Å². The van der Waals surface area contributed by atoms with Gasteiger partial charge in [0.1, 0.15) is 0 Å². The van der Waals surface area contributed by atoms with Gasteiger partial charge in [0, 0.05) is 24.7 Å². The highest BCUT2D eigenvalue weighted by Gasteiger charge is 2.32. The van der Waals surface area contributed by atoms with Gasteiger partial charge in [-0.2, -0.15) is 0 Å². The second kappa shape index (κ2) is 7.28. The Labute approximate surface area is 131 Å². The number of amides is 1. The Hall–Kier alpha value is -1.06. The summed E-state index contributed by atoms with van der Waals surface area (Å²) in [5.74, 6) is 0.774. The van der Waals surface area contributed by atoms with E-state index in [1.807, 2.05) is 29.2 Å². The van der Waals surface area contributed by atoms with Crippen molar-refractivity contribution >= 4 is 17.5 Å². The van der Waals surface area contributed by atoms with Crippen LogP contribution in [0.4, 0.5) is 0 Å². The largest absolute Gasteiger partial charge is 0.396 e. The average Bonchev–Trinajstić information content (AvgIpc) is 2.90. The summed E-state index contributed by atoms with van der Waals surface area (Å²) < 4.78 is 0. The monoisotopic (exact) mass is 309 g/mol. The smallest absolute Gasteiger partial charge is 0.230 e. The van der Waals surface area contributed by atoms with Gasteiger partial charge in [0.15, 0.2) is 0 Å². The van der Waals surface area contributed by atoms with Crippen LogP contribution in [0, 0.1) is 11.8 Å². The SMILES string of the molecule is CC(C)C(C(=O)N1CCC(CCO)C1)c1ccc(Cl)cc1. The van der Waals surface area contributed by atoms with Crippen LogP contribution in [0.25, 0.3) is 0 Å². The molecule has 0 aliphatic carbocycles. The first kappa shape index (κ1) is 16.3. The number of carbonyl (C=O) groups excluding carboxylic acids is 1. The van der Waals surface area contributed by atoms with E-state index < -0.39 is 0 Å². The molecule has 0 radical (unpaired) electrons. The lowest BCUT2D eigenvalue weighted by Crippen LogP contribution is -2.35. The van der Waals surface area contributed by atoms with E-state index in [2.05, 4.69) is 13.8 Å². The molecule has 1 fully saturated rings. The first-order valence-corrected chi connectivity index (χ1v) is 8.05. The third kappa shape index (κ3) is 3.98. The number of nitrogens with zero attached hydrogens (tertiary/aromatic N) is 1. The zero-order chi connectivity index (χ0) is 15.4. The van der Waals surface area contributed by atoms with Gasteiger partial charge in [-0.3, -0.25) is 4.79 Å². The molecule has 3 nitrogen and oxygen atoms in total. The summed E-state index contributed by atoms with van der Waals surface area (Å²) in [6, 6.07) is 7.59. The highest BCUT2D eigenvalue weighted by molar-refractivity contribution is 6.30. The van der Waals surface area contributed by atoms with E-state index in [4.69, 9.17) is 16.7 Å². The van der Waals surface area contributed by atoms with Crippen molar-refractivity contribution < 1.29 is 9.90 Å². The number of aliphatic hydroxyl groups is 1. The van der Waals surface area contributed by atoms with Crippen LogP contribution >= 0.6 is 11.6 Å². The van der Waals surface area contributed by atoms with Gasteiger partial charge in [-0.25, -0.2) is 0 Å². The van der Waals surface area contributed by atoms with Crippen molar-refractivity contribution in [2.45, 2.75) is 32.6 Å². The lowest BCUT2D eigenvalue weighted by molar-refractivity contribution is -0.133. The van der Waals surface area contributed by atoms with Gasteiger partial charge in [0.25, 0.3) is 0 Å². The molecule has 1 aliphatic heterocycles. The summed E-state index contributed by atoms with van der Waals surface area (Å²) in [6.07, 6.45) is 1.79. The molecule has 2 unspecified atom stereocenters. The van der Waals surface area contributed by atoms with Crippen molar-refractivity contribution in [2.24, 2.45) is 11.8 Å². The van der Waals surface area contributed by atoms with Gasteiger partial charge in [-0.1, -0.05) is 37.6 Å². The molecule has 0 spiro atoms. The molecule has 1 heterocycles. The molecule has 2 atom stereocenters. The fraction of sp³-hybridized carbons (Fsp3) is 0.588. The second-order valence-corrected chi connectivity index (χ2v) is 6.66. The Bertz CT molecular complexity index is 472. The van der Waals surface area contributed by atoms with Crippen molar-refractivity contribution in [3.8, 4) is 0 Å². The van der Waals surface area contributed by atoms with Crippen LogP contribution in [0.2, 0.25) is 5.02 Å². The molecule has 1 N–H and O–H groups in total. The van der Waals surface area contributed by atoms with Gasteiger partial charge in [0.2, 0.25) is 5.91 Å². The normalized spacial score (nSPS) is 20.0. The quantitative estimate of drug-likeness (QED) is 0.906. The highest BCUT2D eigenvalue weighted by Crippen LogP contribution is 2.30. The molecule has 2 rings (SSSR count). The predicted molar refractivity (Wildman–Crippen MR) is 85.4 cm³/mol. The lowest BCUT2D eigenvalue weighted by atomic mass is 9.87. The Balaban J connectivity index is 2.12. The minimum absolute atomic E-state index is 0.116. The minimum atomic E-state index is -0.116. The fourth-order valence-corrected chi connectivity index (χ4v) is 3.26. The Morgan fingerprint density at radius 2 is 2.05 bits per heavy atom. The summed E-state index contributed by atoms with van der Waals surface area (Å²) in [7, 11) is 0. The zero-order valence-corrected chi connectivity index (χ0v) is 13.5. The molecule has 0 saturated carbocycles. The number of halogens is 1. The zero-order valence-electron chi connectivity index (χ0n) is 12.8. The van der Waals surface area contributed by atoms with Crippen LogP contribution in [0.3, 0.4) is 0 Å². The summed E-state index contributed by atoms with van der Waals surface area (Å²) in [5.41, 5.74) is 1.03. The Kier molecular flexibility index (Phi) is 5.65. The number of likely N-dealkylation sites (tertiary alicyclic amines) is 1. The molecule has 1 aromatic rings. The van der Waals surface area contributed by atoms with Crippen LogP contribution in [0.15, 0.2) is 24.3 Å². The third-order valence-corrected chi connectivity index (χ3v) is 4.55. The van der Waals surface area contributed by atoms with E-state index in [-0.39, 0.29) is 24.3 Å². The van der Waals surface area contributed by atoms with E-state index in [0.717, 1.165) is 31.5 Å². The van der Waals surface area contributed by atoms with E-state index in [1.165, 1.54) is 0 Å². The number of benzene rings is 1. The van der Waals surface area contributed by atoms with Gasteiger partial charge < -0.3 is 10.0 Å². The van der Waals surface area contributed by atoms with Gasteiger partial charge in [-0.05, 0) is 42.4 Å². The molecule has 0 bridgehead atoms. The van der Waals surface area contributed by atoms with Crippen LogP contribution in [0.5, 0.6) is 0 Å². The number of rotatable bonds is 5. The first-order valence-electron chi connectivity index (χ1n) is 7.68. The van der Waals surface area contributed by atoms with E-state index in [1.54, 1.807) is 0 Å². The van der Waals surface area contributed by atoms with Crippen molar-refractivity contribution in [3.63, 3.8) is 0 Å². The standard InChI is InChI=1S/C17H24ClNO2/c1-12(2)16(14-3-5-15(18)6-4-14)17(21)19-9-7-13(11-19)8-10-20/h3-6,12-13,16,20H,7-11H2,1-2H3. The highest BCUT2D eigenvalue weighted by atomic mass is 35.5. The van der Waals surface area contributed by atoms with E-state index in [9.17, 15) is 4.79 Å². The average molecular weight is 310 g/mol. The third-order valence-electron chi connectivity index (χ3n) is 4.30. The first-order chi connectivity index (χ1) is 10.0. The molecule has 1 aromatic carbocycles. The molecular weight excluding hydrogens is 286 g/mol.